The predicted molar refractivity (Wildman–Crippen MR) is 183 cm³/mol. The number of hydrogen-bond acceptors (Lipinski definition) is 10. The van der Waals surface area contributed by atoms with Crippen LogP contribution >= 0.6 is 22.7 Å². The van der Waals surface area contributed by atoms with Crippen molar-refractivity contribution in [2.75, 3.05) is 25.7 Å². The van der Waals surface area contributed by atoms with E-state index in [-0.39, 0.29) is 0 Å². The molecule has 4 heterocycles. The molecule has 0 aliphatic rings. The summed E-state index contributed by atoms with van der Waals surface area (Å²) in [5, 5.41) is 11.6. The van der Waals surface area contributed by atoms with Gasteiger partial charge in [-0.25, -0.2) is 9.97 Å². The highest BCUT2D eigenvalue weighted by molar-refractivity contribution is 7.22. The van der Waals surface area contributed by atoms with Crippen molar-refractivity contribution in [2.24, 2.45) is 10.2 Å². The lowest BCUT2D eigenvalue weighted by Crippen LogP contribution is -2.07. The minimum Gasteiger partial charge on any atom is -0.397 e. The average molecular weight is 621 g/mol. The number of hydrogen-bond donors (Lipinski definition) is 2. The number of methoxy groups -OCH3 is 2. The molecule has 0 aliphatic carbocycles. The second kappa shape index (κ2) is 12.6. The minimum absolute atomic E-state index is 0.429. The minimum atomic E-state index is 0.429. The van der Waals surface area contributed by atoms with Crippen molar-refractivity contribution in [3.63, 3.8) is 0 Å². The highest BCUT2D eigenvalue weighted by Crippen LogP contribution is 2.39. The van der Waals surface area contributed by atoms with Crippen molar-refractivity contribution < 1.29 is 9.47 Å². The number of aryl methyl sites for hydroxylation is 2. The van der Waals surface area contributed by atoms with Gasteiger partial charge in [0, 0.05) is 47.5 Å². The Bertz CT molecular complexity index is 1880. The molecule has 0 spiro atoms. The number of anilines is 2. The second-order valence-electron chi connectivity index (χ2n) is 10.4. The normalized spacial score (nSPS) is 12.5. The lowest BCUT2D eigenvalue weighted by atomic mass is 10.1. The molecule has 0 atom stereocenters. The van der Waals surface area contributed by atoms with Gasteiger partial charge in [-0.3, -0.25) is 0 Å². The molecule has 2 aromatic carbocycles. The van der Waals surface area contributed by atoms with Crippen molar-refractivity contribution in [1.29, 1.82) is 0 Å². The van der Waals surface area contributed by atoms with Crippen molar-refractivity contribution in [2.45, 2.75) is 27.1 Å². The molecule has 0 amide bonds. The Morgan fingerprint density at radius 1 is 0.659 bits per heavy atom. The quantitative estimate of drug-likeness (QED) is 0.130. The van der Waals surface area contributed by atoms with Gasteiger partial charge in [0.15, 0.2) is 0 Å². The molecular weight excluding hydrogens is 589 g/mol. The van der Waals surface area contributed by atoms with Gasteiger partial charge in [-0.1, -0.05) is 60.7 Å². The SMILES string of the molecule is COCc1cc(C)nc2sc(C(=NN=C(c3ccccc3)c3sc4nc(C)cc(COC)c4c3N)c3ccccc3)c(N)c12. The fourth-order valence-corrected chi connectivity index (χ4v) is 7.71. The van der Waals surface area contributed by atoms with Gasteiger partial charge in [-0.2, -0.15) is 0 Å². The third kappa shape index (κ3) is 5.60. The molecule has 6 rings (SSSR count). The van der Waals surface area contributed by atoms with Gasteiger partial charge in [0.05, 0.1) is 34.3 Å². The Labute approximate surface area is 263 Å². The lowest BCUT2D eigenvalue weighted by Gasteiger charge is -2.08. The number of ether oxygens (including phenoxy) is 2. The molecule has 44 heavy (non-hydrogen) atoms. The summed E-state index contributed by atoms with van der Waals surface area (Å²) in [6.45, 7) is 4.80. The van der Waals surface area contributed by atoms with Crippen LogP contribution in [0.15, 0.2) is 83.0 Å². The van der Waals surface area contributed by atoms with Gasteiger partial charge >= 0.3 is 0 Å². The van der Waals surface area contributed by atoms with Gasteiger partial charge in [-0.15, -0.1) is 32.9 Å². The van der Waals surface area contributed by atoms with Crippen LogP contribution in [0.25, 0.3) is 20.4 Å². The number of nitrogens with zero attached hydrogens (tertiary/aromatic N) is 4. The van der Waals surface area contributed by atoms with E-state index in [9.17, 15) is 0 Å². The van der Waals surface area contributed by atoms with Gasteiger partial charge < -0.3 is 20.9 Å². The number of benzene rings is 2. The van der Waals surface area contributed by atoms with Gasteiger partial charge in [0.25, 0.3) is 0 Å². The van der Waals surface area contributed by atoms with E-state index < -0.39 is 0 Å². The number of fused-ring (bicyclic) bond motifs is 2. The maximum absolute atomic E-state index is 6.87. The molecule has 0 bridgehead atoms. The number of aromatic nitrogens is 2. The Morgan fingerprint density at radius 3 is 1.41 bits per heavy atom. The standard InChI is InChI=1S/C34H32N6O2S2/c1-19-15-23(17-41-3)25-27(35)31(43-33(25)37-19)29(21-11-7-5-8-12-21)39-40-30(22-13-9-6-10-14-22)32-28(36)26-24(18-42-4)16-20(2)38-34(26)44-32/h5-16H,17-18,35-36H2,1-4H3. The molecule has 0 unspecified atom stereocenters. The van der Waals surface area contributed by atoms with E-state index in [0.717, 1.165) is 63.8 Å². The van der Waals surface area contributed by atoms with Crippen molar-refractivity contribution in [1.82, 2.24) is 9.97 Å². The first-order valence-electron chi connectivity index (χ1n) is 14.0. The number of pyridine rings is 2. The van der Waals surface area contributed by atoms with E-state index in [2.05, 4.69) is 0 Å². The summed E-state index contributed by atoms with van der Waals surface area (Å²) in [5.74, 6) is 0. The van der Waals surface area contributed by atoms with E-state index in [0.29, 0.717) is 36.0 Å². The molecule has 10 heteroatoms. The first-order chi connectivity index (χ1) is 21.4. The Hall–Kier alpha value is -4.48. The predicted octanol–water partition coefficient (Wildman–Crippen LogP) is 7.27. The lowest BCUT2D eigenvalue weighted by molar-refractivity contribution is 0.186. The van der Waals surface area contributed by atoms with Crippen LogP contribution in [0.5, 0.6) is 0 Å². The maximum Gasteiger partial charge on any atom is 0.126 e. The van der Waals surface area contributed by atoms with Crippen LogP contribution < -0.4 is 11.5 Å². The first kappa shape index (κ1) is 29.6. The van der Waals surface area contributed by atoms with Crippen molar-refractivity contribution >= 4 is 65.9 Å². The molecule has 6 aromatic rings. The first-order valence-corrected chi connectivity index (χ1v) is 15.6. The average Bonchev–Trinajstić information content (AvgIpc) is 3.52. The number of rotatable bonds is 9. The summed E-state index contributed by atoms with van der Waals surface area (Å²) in [7, 11) is 3.35. The van der Waals surface area contributed by atoms with Crippen LogP contribution in [-0.2, 0) is 22.7 Å². The van der Waals surface area contributed by atoms with Crippen LogP contribution in [0.2, 0.25) is 0 Å². The fourth-order valence-electron chi connectivity index (χ4n) is 5.33. The molecule has 8 nitrogen and oxygen atoms in total. The summed E-state index contributed by atoms with van der Waals surface area (Å²) >= 11 is 3.01. The number of nitrogen functional groups attached to an aromatic ring is 2. The van der Waals surface area contributed by atoms with E-state index in [1.54, 1.807) is 14.2 Å². The van der Waals surface area contributed by atoms with Crippen LogP contribution in [0.1, 0.15) is 43.4 Å². The molecule has 0 aliphatic heterocycles. The summed E-state index contributed by atoms with van der Waals surface area (Å²) in [5.41, 5.74) is 21.8. The van der Waals surface area contributed by atoms with Gasteiger partial charge in [0.1, 0.15) is 21.1 Å². The highest BCUT2D eigenvalue weighted by atomic mass is 32.1. The van der Waals surface area contributed by atoms with Gasteiger partial charge in [0.2, 0.25) is 0 Å². The number of thiophene rings is 2. The summed E-state index contributed by atoms with van der Waals surface area (Å²) < 4.78 is 11.0. The zero-order chi connectivity index (χ0) is 30.8. The maximum atomic E-state index is 6.87. The van der Waals surface area contributed by atoms with Crippen molar-refractivity contribution in [3.8, 4) is 0 Å². The van der Waals surface area contributed by atoms with Crippen LogP contribution in [0, 0.1) is 13.8 Å². The number of nitrogens with two attached hydrogens (primary N) is 2. The summed E-state index contributed by atoms with van der Waals surface area (Å²) in [4.78, 5) is 12.8. The van der Waals surface area contributed by atoms with Crippen molar-refractivity contribution in [3.05, 3.63) is 116 Å². The Kier molecular flexibility index (Phi) is 8.49. The van der Waals surface area contributed by atoms with E-state index in [1.807, 2.05) is 86.6 Å². The third-order valence-electron chi connectivity index (χ3n) is 7.19. The zero-order valence-corrected chi connectivity index (χ0v) is 26.6. The molecule has 222 valence electrons. The molecule has 0 fully saturated rings. The summed E-state index contributed by atoms with van der Waals surface area (Å²) in [6, 6.07) is 23.9. The van der Waals surface area contributed by atoms with Crippen LogP contribution in [-0.4, -0.2) is 35.6 Å². The third-order valence-corrected chi connectivity index (χ3v) is 9.40. The largest absolute Gasteiger partial charge is 0.397 e. The van der Waals surface area contributed by atoms with E-state index >= 15 is 0 Å². The van der Waals surface area contributed by atoms with Gasteiger partial charge in [-0.05, 0) is 37.1 Å². The topological polar surface area (TPSA) is 121 Å². The molecule has 0 radical (unpaired) electrons. The monoisotopic (exact) mass is 620 g/mol. The smallest absolute Gasteiger partial charge is 0.126 e. The van der Waals surface area contributed by atoms with E-state index in [1.165, 1.54) is 22.7 Å². The second-order valence-corrected chi connectivity index (χ2v) is 12.4. The van der Waals surface area contributed by atoms with Crippen LogP contribution in [0.3, 0.4) is 0 Å². The molecule has 0 saturated heterocycles. The fraction of sp³-hybridized carbons (Fsp3) is 0.176. The molecular formula is C34H32N6O2S2. The van der Waals surface area contributed by atoms with E-state index in [4.69, 9.17) is 41.1 Å². The molecule has 4 aromatic heterocycles. The zero-order valence-electron chi connectivity index (χ0n) is 24.9. The Morgan fingerprint density at radius 2 is 1.05 bits per heavy atom. The molecule has 0 saturated carbocycles. The summed E-state index contributed by atoms with van der Waals surface area (Å²) in [6.07, 6.45) is 0. The Balaban J connectivity index is 1.61. The van der Waals surface area contributed by atoms with Crippen LogP contribution in [0.4, 0.5) is 11.4 Å². The highest BCUT2D eigenvalue weighted by Gasteiger charge is 2.23. The molecule has 4 N–H and O–H groups in total.